The summed E-state index contributed by atoms with van der Waals surface area (Å²) in [7, 11) is 0. The molecule has 4 N–H and O–H groups in total. The highest BCUT2D eigenvalue weighted by Gasteiger charge is 2.24. The van der Waals surface area contributed by atoms with Crippen molar-refractivity contribution in [1.82, 2.24) is 10.8 Å². The number of carbonyl (C=O) groups is 1. The van der Waals surface area contributed by atoms with E-state index in [0.717, 1.165) is 5.39 Å². The molecule has 1 aromatic heterocycles. The van der Waals surface area contributed by atoms with E-state index in [1.807, 2.05) is 23.7 Å². The van der Waals surface area contributed by atoms with Gasteiger partial charge in [-0.2, -0.15) is 0 Å². The molecule has 0 fully saturated rings. The Hall–Kier alpha value is -2.63. The smallest absolute Gasteiger partial charge is 0.287 e. The minimum Gasteiger partial charge on any atom is -0.616 e. The first-order valence-corrected chi connectivity index (χ1v) is 11.8. The van der Waals surface area contributed by atoms with Gasteiger partial charge >= 0.3 is 0 Å². The molecule has 2 aromatic carbocycles. The molecule has 32 heavy (non-hydrogen) atoms. The molecule has 3 rings (SSSR count). The topological polar surface area (TPSA) is 127 Å². The van der Waals surface area contributed by atoms with Crippen LogP contribution >= 0.6 is 12.2 Å². The third-order valence-electron chi connectivity index (χ3n) is 4.61. The first kappa shape index (κ1) is 24.0. The average Bonchev–Trinajstić information content (AvgIpc) is 3.18. The van der Waals surface area contributed by atoms with E-state index in [0.29, 0.717) is 34.6 Å². The molecule has 1 atom stereocenters. The Kier molecular flexibility index (Phi) is 8.89. The van der Waals surface area contributed by atoms with E-state index >= 15 is 0 Å². The van der Waals surface area contributed by atoms with Gasteiger partial charge in [0.05, 0.1) is 12.1 Å². The van der Waals surface area contributed by atoms with E-state index in [-0.39, 0.29) is 36.3 Å². The molecule has 1 heterocycles. The van der Waals surface area contributed by atoms with Crippen molar-refractivity contribution in [1.29, 1.82) is 0 Å². The number of furan rings is 1. The molecule has 8 nitrogen and oxygen atoms in total. The van der Waals surface area contributed by atoms with Gasteiger partial charge in [-0.1, -0.05) is 30.4 Å². The second-order valence-electron chi connectivity index (χ2n) is 6.84. The lowest BCUT2D eigenvalue weighted by atomic mass is 10.1. The van der Waals surface area contributed by atoms with E-state index in [1.165, 1.54) is 0 Å². The van der Waals surface area contributed by atoms with Crippen molar-refractivity contribution in [2.24, 2.45) is 0 Å². The molecule has 0 spiro atoms. The molecule has 0 saturated heterocycles. The zero-order chi connectivity index (χ0) is 22.9. The monoisotopic (exact) mass is 476 g/mol. The Morgan fingerprint density at radius 1 is 1.19 bits per heavy atom. The van der Waals surface area contributed by atoms with Crippen LogP contribution in [0.15, 0.2) is 52.9 Å². The van der Waals surface area contributed by atoms with Crippen molar-refractivity contribution >= 4 is 45.3 Å². The van der Waals surface area contributed by atoms with Crippen LogP contribution < -0.4 is 15.5 Å². The number of nitrogens with one attached hydrogen (secondary N) is 2. The molecule has 10 heteroatoms. The standard InChI is InChI=1S/C22H24N2O6S2/c25-11-3-13-32(28)14-18-17-4-1-2-5-19(17)30-20(18)21(26)23-10-12-29-16-8-6-15(7-9-16)22(31)24-27/h1-2,4-9,25,27H,3,10-14H2,(H,23,26)(H,24,31). The van der Waals surface area contributed by atoms with Gasteiger partial charge < -0.3 is 24.1 Å². The number of para-hydroxylation sites is 1. The second-order valence-corrected chi connectivity index (χ2v) is 8.83. The van der Waals surface area contributed by atoms with Crippen LogP contribution in [0.5, 0.6) is 5.75 Å². The highest BCUT2D eigenvalue weighted by Crippen LogP contribution is 2.28. The Morgan fingerprint density at radius 3 is 2.66 bits per heavy atom. The predicted molar refractivity (Wildman–Crippen MR) is 126 cm³/mol. The molecule has 0 aliphatic rings. The Bertz CT molecular complexity index is 1050. The molecule has 0 radical (unpaired) electrons. The number of fused-ring (bicyclic) bond motifs is 1. The van der Waals surface area contributed by atoms with Crippen LogP contribution in [-0.2, 0) is 16.9 Å². The van der Waals surface area contributed by atoms with E-state index in [2.05, 4.69) is 5.32 Å². The highest BCUT2D eigenvalue weighted by atomic mass is 32.2. The van der Waals surface area contributed by atoms with E-state index < -0.39 is 17.1 Å². The maximum absolute atomic E-state index is 12.8. The summed E-state index contributed by atoms with van der Waals surface area (Å²) >= 11 is 3.71. The van der Waals surface area contributed by atoms with E-state index in [4.69, 9.17) is 31.7 Å². The number of aliphatic hydroxyl groups excluding tert-OH is 1. The van der Waals surface area contributed by atoms with Gasteiger partial charge in [0.15, 0.2) is 0 Å². The van der Waals surface area contributed by atoms with Gasteiger partial charge in [0.25, 0.3) is 5.91 Å². The molecular weight excluding hydrogens is 452 g/mol. The number of aliphatic hydroxyl groups is 1. The maximum Gasteiger partial charge on any atom is 0.287 e. The molecule has 170 valence electrons. The first-order valence-electron chi connectivity index (χ1n) is 9.95. The summed E-state index contributed by atoms with van der Waals surface area (Å²) in [6.45, 7) is 0.437. The van der Waals surface area contributed by atoms with Crippen molar-refractivity contribution in [3.8, 4) is 5.75 Å². The fourth-order valence-corrected chi connectivity index (χ4v) is 4.41. The van der Waals surface area contributed by atoms with Crippen molar-refractivity contribution in [2.75, 3.05) is 25.5 Å². The van der Waals surface area contributed by atoms with Crippen LogP contribution in [0.2, 0.25) is 0 Å². The number of rotatable bonds is 11. The highest BCUT2D eigenvalue weighted by molar-refractivity contribution is 7.90. The van der Waals surface area contributed by atoms with E-state index in [9.17, 15) is 9.35 Å². The predicted octanol–water partition coefficient (Wildman–Crippen LogP) is 2.53. The molecule has 0 aliphatic heterocycles. The van der Waals surface area contributed by atoms with Crippen LogP contribution in [0.25, 0.3) is 11.0 Å². The van der Waals surface area contributed by atoms with Crippen molar-refractivity contribution in [3.63, 3.8) is 0 Å². The fraction of sp³-hybridized carbons (Fsp3) is 0.273. The van der Waals surface area contributed by atoms with Crippen LogP contribution in [0.4, 0.5) is 0 Å². The largest absolute Gasteiger partial charge is 0.616 e. The minimum absolute atomic E-state index is 0.0288. The zero-order valence-corrected chi connectivity index (χ0v) is 18.8. The SMILES string of the molecule is O=C(NCCOc1ccc(C(=S)NO)cc1)c1oc2ccccc2c1C[S+]([O-])CCCO. The summed E-state index contributed by atoms with van der Waals surface area (Å²) in [5.41, 5.74) is 3.72. The van der Waals surface area contributed by atoms with Crippen LogP contribution in [0.1, 0.15) is 28.1 Å². The van der Waals surface area contributed by atoms with Gasteiger partial charge in [-0.15, -0.1) is 0 Å². The number of carbonyl (C=O) groups excluding carboxylic acids is 1. The van der Waals surface area contributed by atoms with Crippen molar-refractivity contribution in [3.05, 3.63) is 65.4 Å². The minimum atomic E-state index is -1.22. The van der Waals surface area contributed by atoms with Gasteiger partial charge in [-0.3, -0.25) is 15.5 Å². The third-order valence-corrected chi connectivity index (χ3v) is 6.30. The normalized spacial score (nSPS) is 11.8. The molecule has 1 amide bonds. The zero-order valence-electron chi connectivity index (χ0n) is 17.2. The Balaban J connectivity index is 1.60. The molecular formula is C22H24N2O6S2. The number of hydrogen-bond acceptors (Lipinski definition) is 7. The number of thiocarbonyl (C=S) groups is 1. The van der Waals surface area contributed by atoms with E-state index in [1.54, 1.807) is 30.3 Å². The van der Waals surface area contributed by atoms with Gasteiger partial charge in [0.1, 0.15) is 34.4 Å². The van der Waals surface area contributed by atoms with Gasteiger partial charge in [-0.05, 0) is 41.5 Å². The summed E-state index contributed by atoms with van der Waals surface area (Å²) in [4.78, 5) is 13.0. The Morgan fingerprint density at radius 2 is 1.94 bits per heavy atom. The van der Waals surface area contributed by atoms with Crippen molar-refractivity contribution < 1.29 is 28.8 Å². The fourth-order valence-electron chi connectivity index (χ4n) is 3.07. The van der Waals surface area contributed by atoms with Crippen LogP contribution in [-0.4, -0.2) is 51.3 Å². The maximum atomic E-state index is 12.8. The Labute approximate surface area is 193 Å². The lowest BCUT2D eigenvalue weighted by Gasteiger charge is -2.11. The van der Waals surface area contributed by atoms with Crippen LogP contribution in [0, 0.1) is 0 Å². The van der Waals surface area contributed by atoms with Gasteiger partial charge in [-0.25, -0.2) is 0 Å². The van der Waals surface area contributed by atoms with Crippen molar-refractivity contribution in [2.45, 2.75) is 12.2 Å². The average molecular weight is 477 g/mol. The lowest BCUT2D eigenvalue weighted by molar-refractivity contribution is 0.0920. The summed E-state index contributed by atoms with van der Waals surface area (Å²) in [5, 5.41) is 21.3. The molecule has 0 aliphatic carbocycles. The first-order chi connectivity index (χ1) is 15.5. The lowest BCUT2D eigenvalue weighted by Crippen LogP contribution is -2.28. The second kappa shape index (κ2) is 11.8. The summed E-state index contributed by atoms with van der Waals surface area (Å²) in [6, 6.07) is 14.1. The molecule has 0 saturated carbocycles. The molecule has 0 bridgehead atoms. The van der Waals surface area contributed by atoms with Crippen LogP contribution in [0.3, 0.4) is 0 Å². The van der Waals surface area contributed by atoms with Gasteiger partial charge in [0, 0.05) is 24.0 Å². The summed E-state index contributed by atoms with van der Waals surface area (Å²) in [6.07, 6.45) is 0.435. The molecule has 3 aromatic rings. The number of benzene rings is 2. The third kappa shape index (κ3) is 6.21. The number of ether oxygens (including phenoxy) is 1. The summed E-state index contributed by atoms with van der Waals surface area (Å²) < 4.78 is 23.7. The van der Waals surface area contributed by atoms with Gasteiger partial charge in [0.2, 0.25) is 5.76 Å². The molecule has 1 unspecified atom stereocenters. The summed E-state index contributed by atoms with van der Waals surface area (Å²) in [5.74, 6) is 0.842. The number of hydroxylamine groups is 1. The number of amides is 1. The number of hydrogen-bond donors (Lipinski definition) is 4. The quantitative estimate of drug-likeness (QED) is 0.144.